The number of fused-ring (bicyclic) bond motifs is 1. The van der Waals surface area contributed by atoms with E-state index in [1.165, 1.54) is 6.34 Å². The highest BCUT2D eigenvalue weighted by molar-refractivity contribution is 5.97. The number of nitrogens with one attached hydrogen (secondary N) is 3. The molecule has 2 aliphatic rings. The van der Waals surface area contributed by atoms with E-state index < -0.39 is 18.0 Å². The van der Waals surface area contributed by atoms with Crippen molar-refractivity contribution >= 4 is 18.3 Å². The first-order chi connectivity index (χ1) is 11.1. The van der Waals surface area contributed by atoms with Crippen molar-refractivity contribution in [2.75, 3.05) is 6.79 Å². The fourth-order valence-corrected chi connectivity index (χ4v) is 2.38. The van der Waals surface area contributed by atoms with Gasteiger partial charge in [-0.1, -0.05) is 6.07 Å². The summed E-state index contributed by atoms with van der Waals surface area (Å²) in [6, 6.07) is 3.95. The summed E-state index contributed by atoms with van der Waals surface area (Å²) < 4.78 is 10.6. The summed E-state index contributed by atoms with van der Waals surface area (Å²) in [6.07, 6.45) is 1.52. The van der Waals surface area contributed by atoms with Crippen molar-refractivity contribution in [3.05, 3.63) is 35.0 Å². The molecule has 0 fully saturated rings. The summed E-state index contributed by atoms with van der Waals surface area (Å²) in [5, 5.41) is 2.88. The molecule has 5 N–H and O–H groups in total. The van der Waals surface area contributed by atoms with Crippen LogP contribution < -0.4 is 31.4 Å². The predicted octanol–water partition coefficient (Wildman–Crippen LogP) is 0.0614. The molecule has 1 atom stereocenters. The van der Waals surface area contributed by atoms with E-state index in [0.717, 1.165) is 5.56 Å². The van der Waals surface area contributed by atoms with Gasteiger partial charge in [-0.15, -0.1) is 0 Å². The first kappa shape index (κ1) is 14.7. The number of amides is 3. The standard InChI is InChI=1S/C14H15N5O4/c1-7-11(13(20)18-19-14(15)21)12(17-5-16-7)8-2-3-9-10(4-8)23-6-22-9/h2-5,12H,6H2,1H3,(H,16,17)(H,18,20)(H3,15,19,21). The van der Waals surface area contributed by atoms with Gasteiger partial charge in [-0.2, -0.15) is 0 Å². The summed E-state index contributed by atoms with van der Waals surface area (Å²) in [5.74, 6) is 0.742. The van der Waals surface area contributed by atoms with Crippen LogP contribution in [-0.4, -0.2) is 25.1 Å². The van der Waals surface area contributed by atoms with Gasteiger partial charge in [-0.3, -0.25) is 15.2 Å². The quantitative estimate of drug-likeness (QED) is 0.574. The van der Waals surface area contributed by atoms with Gasteiger partial charge in [0.25, 0.3) is 5.91 Å². The number of aliphatic imine (C=N–C) groups is 1. The molecule has 3 amide bonds. The first-order valence-corrected chi connectivity index (χ1v) is 6.80. The predicted molar refractivity (Wildman–Crippen MR) is 80.5 cm³/mol. The maximum atomic E-state index is 12.3. The lowest BCUT2D eigenvalue weighted by atomic mass is 9.96. The van der Waals surface area contributed by atoms with Crippen LogP contribution in [0.3, 0.4) is 0 Å². The summed E-state index contributed by atoms with van der Waals surface area (Å²) in [7, 11) is 0. The number of hydrogen-bond donors (Lipinski definition) is 4. The molecule has 0 spiro atoms. The minimum Gasteiger partial charge on any atom is -0.454 e. The van der Waals surface area contributed by atoms with Gasteiger partial charge < -0.3 is 20.5 Å². The lowest BCUT2D eigenvalue weighted by Crippen LogP contribution is -2.46. The van der Waals surface area contributed by atoms with Crippen LogP contribution in [0.2, 0.25) is 0 Å². The summed E-state index contributed by atoms with van der Waals surface area (Å²) in [4.78, 5) is 27.4. The zero-order valence-corrected chi connectivity index (χ0v) is 12.3. The Hall–Kier alpha value is -3.23. The number of carbonyl (C=O) groups excluding carboxylic acids is 2. The monoisotopic (exact) mass is 317 g/mol. The zero-order valence-electron chi connectivity index (χ0n) is 12.3. The molecule has 3 rings (SSSR count). The normalized spacial score (nSPS) is 18.4. The number of benzene rings is 1. The highest BCUT2D eigenvalue weighted by Gasteiger charge is 2.28. The third kappa shape index (κ3) is 2.89. The Labute approximate surface area is 131 Å². The molecule has 120 valence electrons. The Morgan fingerprint density at radius 3 is 2.87 bits per heavy atom. The van der Waals surface area contributed by atoms with Crippen molar-refractivity contribution in [1.82, 2.24) is 16.2 Å². The highest BCUT2D eigenvalue weighted by Crippen LogP contribution is 2.37. The van der Waals surface area contributed by atoms with Gasteiger partial charge in [-0.25, -0.2) is 10.2 Å². The SMILES string of the molecule is CC1=C(C(=O)NNC(N)=O)C(c2ccc3c(c2)OCO3)N=CN1. The number of nitrogens with zero attached hydrogens (tertiary/aromatic N) is 1. The lowest BCUT2D eigenvalue weighted by molar-refractivity contribution is -0.118. The van der Waals surface area contributed by atoms with Crippen LogP contribution in [0.4, 0.5) is 4.79 Å². The molecule has 0 saturated carbocycles. The first-order valence-electron chi connectivity index (χ1n) is 6.80. The number of ether oxygens (including phenoxy) is 2. The molecule has 9 heteroatoms. The number of rotatable bonds is 2. The Kier molecular flexibility index (Phi) is 3.75. The second-order valence-corrected chi connectivity index (χ2v) is 4.92. The van der Waals surface area contributed by atoms with E-state index in [1.54, 1.807) is 19.1 Å². The largest absolute Gasteiger partial charge is 0.454 e. The molecule has 0 bridgehead atoms. The van der Waals surface area contributed by atoms with Crippen molar-refractivity contribution < 1.29 is 19.1 Å². The van der Waals surface area contributed by atoms with Crippen LogP contribution >= 0.6 is 0 Å². The number of urea groups is 1. The van der Waals surface area contributed by atoms with Gasteiger partial charge in [0, 0.05) is 5.70 Å². The van der Waals surface area contributed by atoms with E-state index in [0.29, 0.717) is 22.8 Å². The topological polar surface area (TPSA) is 127 Å². The van der Waals surface area contributed by atoms with Gasteiger partial charge >= 0.3 is 6.03 Å². The lowest BCUT2D eigenvalue weighted by Gasteiger charge is -2.23. The van der Waals surface area contributed by atoms with E-state index in [4.69, 9.17) is 15.2 Å². The molecule has 1 aromatic carbocycles. The molecule has 0 aliphatic carbocycles. The zero-order chi connectivity index (χ0) is 16.4. The average Bonchev–Trinajstić information content (AvgIpc) is 2.99. The van der Waals surface area contributed by atoms with Crippen LogP contribution in [0.1, 0.15) is 18.5 Å². The second kappa shape index (κ2) is 5.87. The highest BCUT2D eigenvalue weighted by atomic mass is 16.7. The van der Waals surface area contributed by atoms with Crippen molar-refractivity contribution in [2.45, 2.75) is 13.0 Å². The third-order valence-corrected chi connectivity index (χ3v) is 3.44. The smallest absolute Gasteiger partial charge is 0.330 e. The molecule has 0 saturated heterocycles. The number of nitrogens with two attached hydrogens (primary N) is 1. The molecule has 1 unspecified atom stereocenters. The number of allylic oxidation sites excluding steroid dienone is 1. The fourth-order valence-electron chi connectivity index (χ4n) is 2.38. The number of carbonyl (C=O) groups is 2. The number of primary amides is 1. The maximum absolute atomic E-state index is 12.3. The molecular formula is C14H15N5O4. The molecular weight excluding hydrogens is 302 g/mol. The minimum atomic E-state index is -0.858. The van der Waals surface area contributed by atoms with Crippen molar-refractivity contribution in [1.29, 1.82) is 0 Å². The molecule has 2 aliphatic heterocycles. The van der Waals surface area contributed by atoms with Crippen LogP contribution in [0, 0.1) is 0 Å². The summed E-state index contributed by atoms with van der Waals surface area (Å²) in [5.41, 5.74) is 11.0. The van der Waals surface area contributed by atoms with E-state index in [1.807, 2.05) is 6.07 Å². The van der Waals surface area contributed by atoms with Crippen molar-refractivity contribution in [2.24, 2.45) is 10.7 Å². The average molecular weight is 317 g/mol. The Balaban J connectivity index is 1.90. The molecule has 1 aromatic rings. The van der Waals surface area contributed by atoms with Gasteiger partial charge in [0.2, 0.25) is 6.79 Å². The number of hydrogen-bond acceptors (Lipinski definition) is 6. The van der Waals surface area contributed by atoms with E-state index in [-0.39, 0.29) is 6.79 Å². The van der Waals surface area contributed by atoms with Gasteiger partial charge in [0.15, 0.2) is 11.5 Å². The summed E-state index contributed by atoms with van der Waals surface area (Å²) >= 11 is 0. The van der Waals surface area contributed by atoms with E-state index >= 15 is 0 Å². The molecule has 2 heterocycles. The van der Waals surface area contributed by atoms with Gasteiger partial charge in [-0.05, 0) is 24.6 Å². The Morgan fingerprint density at radius 1 is 1.30 bits per heavy atom. The van der Waals surface area contributed by atoms with Crippen LogP contribution in [0.15, 0.2) is 34.5 Å². The maximum Gasteiger partial charge on any atom is 0.330 e. The second-order valence-electron chi connectivity index (χ2n) is 4.92. The van der Waals surface area contributed by atoms with E-state index in [2.05, 4.69) is 21.2 Å². The Morgan fingerprint density at radius 2 is 2.09 bits per heavy atom. The van der Waals surface area contributed by atoms with E-state index in [9.17, 15) is 9.59 Å². The van der Waals surface area contributed by atoms with Crippen LogP contribution in [-0.2, 0) is 4.79 Å². The van der Waals surface area contributed by atoms with Gasteiger partial charge in [0.1, 0.15) is 6.04 Å². The van der Waals surface area contributed by atoms with Crippen LogP contribution in [0.25, 0.3) is 0 Å². The molecule has 0 aromatic heterocycles. The van der Waals surface area contributed by atoms with Crippen molar-refractivity contribution in [3.8, 4) is 11.5 Å². The van der Waals surface area contributed by atoms with Crippen molar-refractivity contribution in [3.63, 3.8) is 0 Å². The molecule has 23 heavy (non-hydrogen) atoms. The van der Waals surface area contributed by atoms with Crippen LogP contribution in [0.5, 0.6) is 11.5 Å². The third-order valence-electron chi connectivity index (χ3n) is 3.44. The number of hydrazine groups is 1. The summed E-state index contributed by atoms with van der Waals surface area (Å²) in [6.45, 7) is 1.91. The Bertz CT molecular complexity index is 728. The van der Waals surface area contributed by atoms with Gasteiger partial charge in [0.05, 0.1) is 11.9 Å². The molecule has 9 nitrogen and oxygen atoms in total. The fraction of sp³-hybridized carbons (Fsp3) is 0.214. The molecule has 0 radical (unpaired) electrons. The minimum absolute atomic E-state index is 0.166.